The number of hydrogen-bond acceptors (Lipinski definition) is 5. The summed E-state index contributed by atoms with van der Waals surface area (Å²) in [4.78, 5) is 22.9. The third kappa shape index (κ3) is 4.20. The second-order valence-corrected chi connectivity index (χ2v) is 5.13. The molecule has 1 atom stereocenters. The molecular formula is C15H16N2O5. The number of ether oxygens (including phenoxy) is 2. The maximum Gasteiger partial charge on any atom is 0.305 e. The molecule has 1 unspecified atom stereocenters. The predicted molar refractivity (Wildman–Crippen MR) is 75.2 cm³/mol. The lowest BCUT2D eigenvalue weighted by Crippen LogP contribution is -2.51. The first-order valence-corrected chi connectivity index (χ1v) is 6.76. The minimum Gasteiger partial charge on any atom is -0.484 e. The molecule has 1 amide bonds. The fraction of sp³-hybridized carbons (Fsp3) is 0.400. The van der Waals surface area contributed by atoms with Crippen molar-refractivity contribution >= 4 is 11.9 Å². The maximum absolute atomic E-state index is 11.9. The SMILES string of the molecule is N#Cc1ccc(OCC(=O)NC2(CC(=O)O)CCOC2)cc1. The Kier molecular flexibility index (Phi) is 4.96. The van der Waals surface area contributed by atoms with Crippen LogP contribution in [0.25, 0.3) is 0 Å². The first-order chi connectivity index (χ1) is 10.5. The van der Waals surface area contributed by atoms with E-state index in [9.17, 15) is 9.59 Å². The number of carbonyl (C=O) groups is 2. The monoisotopic (exact) mass is 304 g/mol. The van der Waals surface area contributed by atoms with E-state index in [4.69, 9.17) is 19.8 Å². The van der Waals surface area contributed by atoms with E-state index >= 15 is 0 Å². The molecule has 1 aromatic rings. The van der Waals surface area contributed by atoms with Crippen molar-refractivity contribution in [3.63, 3.8) is 0 Å². The van der Waals surface area contributed by atoms with Crippen LogP contribution >= 0.6 is 0 Å². The van der Waals surface area contributed by atoms with Gasteiger partial charge in [0.15, 0.2) is 6.61 Å². The molecular weight excluding hydrogens is 288 g/mol. The lowest BCUT2D eigenvalue weighted by Gasteiger charge is -2.26. The zero-order valence-electron chi connectivity index (χ0n) is 11.9. The number of nitrogens with zero attached hydrogens (tertiary/aromatic N) is 1. The second kappa shape index (κ2) is 6.91. The first-order valence-electron chi connectivity index (χ1n) is 6.76. The number of rotatable bonds is 6. The van der Waals surface area contributed by atoms with Crippen LogP contribution in [-0.2, 0) is 14.3 Å². The van der Waals surface area contributed by atoms with Crippen LogP contribution in [0.3, 0.4) is 0 Å². The Balaban J connectivity index is 1.88. The number of carbonyl (C=O) groups excluding carboxylic acids is 1. The molecule has 1 fully saturated rings. The molecule has 7 heteroatoms. The van der Waals surface area contributed by atoms with Crippen molar-refractivity contribution in [1.29, 1.82) is 5.26 Å². The van der Waals surface area contributed by atoms with E-state index in [0.717, 1.165) is 0 Å². The highest BCUT2D eigenvalue weighted by Gasteiger charge is 2.38. The molecule has 2 rings (SSSR count). The van der Waals surface area contributed by atoms with Gasteiger partial charge in [-0.05, 0) is 30.7 Å². The zero-order valence-corrected chi connectivity index (χ0v) is 11.9. The van der Waals surface area contributed by atoms with Crippen LogP contribution in [0.5, 0.6) is 5.75 Å². The van der Waals surface area contributed by atoms with Gasteiger partial charge in [0, 0.05) is 6.61 Å². The average molecular weight is 304 g/mol. The third-order valence-electron chi connectivity index (χ3n) is 3.35. The van der Waals surface area contributed by atoms with Crippen molar-refractivity contribution in [1.82, 2.24) is 5.32 Å². The van der Waals surface area contributed by atoms with Gasteiger partial charge in [0.1, 0.15) is 5.75 Å². The Labute approximate surface area is 127 Å². The van der Waals surface area contributed by atoms with Gasteiger partial charge < -0.3 is 19.9 Å². The minimum atomic E-state index is -0.987. The molecule has 0 radical (unpaired) electrons. The van der Waals surface area contributed by atoms with Gasteiger partial charge in [-0.15, -0.1) is 0 Å². The van der Waals surface area contributed by atoms with E-state index in [1.807, 2.05) is 6.07 Å². The maximum atomic E-state index is 11.9. The molecule has 1 aliphatic heterocycles. The van der Waals surface area contributed by atoms with Gasteiger partial charge >= 0.3 is 5.97 Å². The standard InChI is InChI=1S/C15H16N2O5/c16-8-11-1-3-12(4-2-11)22-9-13(18)17-15(7-14(19)20)5-6-21-10-15/h1-4H,5-7,9-10H2,(H,17,18)(H,19,20). The lowest BCUT2D eigenvalue weighted by atomic mass is 9.94. The lowest BCUT2D eigenvalue weighted by molar-refractivity contribution is -0.139. The highest BCUT2D eigenvalue weighted by molar-refractivity contribution is 5.79. The normalized spacial score (nSPS) is 20.1. The van der Waals surface area contributed by atoms with Crippen LogP contribution in [0, 0.1) is 11.3 Å². The molecule has 116 valence electrons. The molecule has 1 aliphatic rings. The van der Waals surface area contributed by atoms with Gasteiger partial charge in [-0.2, -0.15) is 5.26 Å². The predicted octanol–water partition coefficient (Wildman–Crippen LogP) is 0.687. The summed E-state index contributed by atoms with van der Waals surface area (Å²) < 4.78 is 10.5. The van der Waals surface area contributed by atoms with Gasteiger partial charge in [-0.25, -0.2) is 0 Å². The van der Waals surface area contributed by atoms with Crippen molar-refractivity contribution < 1.29 is 24.2 Å². The number of amides is 1. The Morgan fingerprint density at radius 3 is 2.68 bits per heavy atom. The molecule has 1 saturated heterocycles. The van der Waals surface area contributed by atoms with Crippen LogP contribution in [0.1, 0.15) is 18.4 Å². The molecule has 1 aromatic carbocycles. The topological polar surface area (TPSA) is 109 Å². The molecule has 0 aromatic heterocycles. The average Bonchev–Trinajstić information content (AvgIpc) is 2.92. The summed E-state index contributed by atoms with van der Waals surface area (Å²) in [5.41, 5.74) is -0.364. The Hall–Kier alpha value is -2.59. The van der Waals surface area contributed by atoms with Crippen LogP contribution in [0.4, 0.5) is 0 Å². The molecule has 0 aliphatic carbocycles. The number of benzene rings is 1. The number of aliphatic carboxylic acids is 1. The highest BCUT2D eigenvalue weighted by atomic mass is 16.5. The summed E-state index contributed by atoms with van der Waals surface area (Å²) in [6, 6.07) is 8.35. The van der Waals surface area contributed by atoms with Crippen LogP contribution in [0.15, 0.2) is 24.3 Å². The molecule has 22 heavy (non-hydrogen) atoms. The van der Waals surface area contributed by atoms with E-state index < -0.39 is 17.4 Å². The van der Waals surface area contributed by atoms with Crippen molar-refractivity contribution in [3.05, 3.63) is 29.8 Å². The van der Waals surface area contributed by atoms with Crippen LogP contribution in [-0.4, -0.2) is 42.3 Å². The molecule has 7 nitrogen and oxygen atoms in total. The summed E-state index contributed by atoms with van der Waals surface area (Å²) in [7, 11) is 0. The number of nitrogens with one attached hydrogen (secondary N) is 1. The van der Waals surface area contributed by atoms with Gasteiger partial charge in [-0.3, -0.25) is 9.59 Å². The second-order valence-electron chi connectivity index (χ2n) is 5.13. The third-order valence-corrected chi connectivity index (χ3v) is 3.35. The van der Waals surface area contributed by atoms with Gasteiger partial charge in [0.25, 0.3) is 5.91 Å². The largest absolute Gasteiger partial charge is 0.484 e. The van der Waals surface area contributed by atoms with E-state index in [1.54, 1.807) is 24.3 Å². The Morgan fingerprint density at radius 2 is 2.14 bits per heavy atom. The Morgan fingerprint density at radius 1 is 1.41 bits per heavy atom. The summed E-state index contributed by atoms with van der Waals surface area (Å²) in [5, 5.41) is 20.3. The minimum absolute atomic E-state index is 0.182. The molecule has 0 saturated carbocycles. The van der Waals surface area contributed by atoms with Crippen molar-refractivity contribution in [2.75, 3.05) is 19.8 Å². The van der Waals surface area contributed by atoms with E-state index in [-0.39, 0.29) is 19.6 Å². The summed E-state index contributed by atoms with van der Waals surface area (Å²) >= 11 is 0. The smallest absolute Gasteiger partial charge is 0.305 e. The quantitative estimate of drug-likeness (QED) is 0.800. The summed E-state index contributed by atoms with van der Waals surface area (Å²) in [6.07, 6.45) is 0.275. The van der Waals surface area contributed by atoms with Gasteiger partial charge in [0.05, 0.1) is 30.2 Å². The van der Waals surface area contributed by atoms with Gasteiger partial charge in [-0.1, -0.05) is 0 Å². The number of nitriles is 1. The molecule has 1 heterocycles. The fourth-order valence-electron chi connectivity index (χ4n) is 2.29. The fourth-order valence-corrected chi connectivity index (χ4v) is 2.29. The number of carboxylic acid groups (broad SMARTS) is 1. The van der Waals surface area contributed by atoms with E-state index in [0.29, 0.717) is 24.3 Å². The van der Waals surface area contributed by atoms with Crippen molar-refractivity contribution in [2.24, 2.45) is 0 Å². The highest BCUT2D eigenvalue weighted by Crippen LogP contribution is 2.22. The molecule has 2 N–H and O–H groups in total. The van der Waals surface area contributed by atoms with Gasteiger partial charge in [0.2, 0.25) is 0 Å². The van der Waals surface area contributed by atoms with E-state index in [1.165, 1.54) is 0 Å². The van der Waals surface area contributed by atoms with Crippen LogP contribution < -0.4 is 10.1 Å². The molecule has 0 bridgehead atoms. The van der Waals surface area contributed by atoms with Crippen LogP contribution in [0.2, 0.25) is 0 Å². The summed E-state index contributed by atoms with van der Waals surface area (Å²) in [5.74, 6) is -0.931. The van der Waals surface area contributed by atoms with Crippen molar-refractivity contribution in [2.45, 2.75) is 18.4 Å². The zero-order chi connectivity index (χ0) is 16.0. The first kappa shape index (κ1) is 15.8. The number of hydrogen-bond donors (Lipinski definition) is 2. The van der Waals surface area contributed by atoms with E-state index in [2.05, 4.69) is 5.32 Å². The number of carboxylic acids is 1. The summed E-state index contributed by atoms with van der Waals surface area (Å²) in [6.45, 7) is 0.374. The Bertz CT molecular complexity index is 585. The molecule has 0 spiro atoms. The van der Waals surface area contributed by atoms with Crippen molar-refractivity contribution in [3.8, 4) is 11.8 Å².